The van der Waals surface area contributed by atoms with Gasteiger partial charge in [0.05, 0.1) is 31.3 Å². The van der Waals surface area contributed by atoms with Gasteiger partial charge < -0.3 is 23.7 Å². The van der Waals surface area contributed by atoms with Crippen molar-refractivity contribution >= 4 is 11.6 Å². The predicted molar refractivity (Wildman–Crippen MR) is 107 cm³/mol. The van der Waals surface area contributed by atoms with Crippen molar-refractivity contribution in [3.63, 3.8) is 0 Å². The minimum atomic E-state index is -1.03. The molecular formula is C23H20F2O6. The first-order valence-electron chi connectivity index (χ1n) is 9.78. The van der Waals surface area contributed by atoms with Crippen LogP contribution in [0.4, 0.5) is 8.78 Å². The van der Waals surface area contributed by atoms with E-state index >= 15 is 0 Å². The van der Waals surface area contributed by atoms with E-state index in [0.29, 0.717) is 22.8 Å². The third kappa shape index (κ3) is 2.85. The van der Waals surface area contributed by atoms with Crippen LogP contribution in [0.3, 0.4) is 0 Å². The molecule has 0 saturated heterocycles. The maximum Gasteiger partial charge on any atom is 0.178 e. The number of Topliss-reactive ketones (excluding diaryl/α,β-unsaturated/α-hetero) is 1. The molecule has 3 aliphatic heterocycles. The summed E-state index contributed by atoms with van der Waals surface area (Å²) in [5, 5.41) is 0. The first-order valence-corrected chi connectivity index (χ1v) is 9.78. The topological polar surface area (TPSA) is 63.2 Å². The highest BCUT2D eigenvalue weighted by Gasteiger charge is 2.46. The van der Waals surface area contributed by atoms with Crippen molar-refractivity contribution < 1.29 is 37.3 Å². The molecule has 0 bridgehead atoms. The monoisotopic (exact) mass is 428 g/mol. The van der Waals surface area contributed by atoms with Gasteiger partial charge in [-0.3, -0.25) is 4.79 Å². The molecule has 0 aromatic heterocycles. The lowest BCUT2D eigenvalue weighted by Crippen LogP contribution is -2.43. The molecule has 0 unspecified atom stereocenters. The summed E-state index contributed by atoms with van der Waals surface area (Å²) in [6, 6.07) is 4.34. The Balaban J connectivity index is 1.66. The first kappa shape index (κ1) is 19.7. The molecular weight excluding hydrogens is 408 g/mol. The highest BCUT2D eigenvalue weighted by molar-refractivity contribution is 6.07. The van der Waals surface area contributed by atoms with E-state index in [2.05, 4.69) is 0 Å². The second kappa shape index (κ2) is 6.60. The first-order chi connectivity index (χ1) is 14.7. The second-order valence-corrected chi connectivity index (χ2v) is 8.19. The average molecular weight is 428 g/mol. The van der Waals surface area contributed by atoms with Crippen LogP contribution in [0.2, 0.25) is 0 Å². The number of benzene rings is 2. The van der Waals surface area contributed by atoms with Crippen LogP contribution in [0.1, 0.15) is 41.3 Å². The standard InChI is InChI=1S/C23H20F2O6/c1-23(2)8-13(25)19-21-11(5-12(24)22(19)31-23)20(26)18-10-6-15(27-3)16(28-4)7-14(10)29-9-17(18)30-21/h5-8,17-18H,9H2,1-4H3/t17-,18+/m1/s1/i24-1,25-1. The lowest BCUT2D eigenvalue weighted by molar-refractivity contribution is 0.0548. The number of rotatable bonds is 2. The summed E-state index contributed by atoms with van der Waals surface area (Å²) in [5.41, 5.74) is -0.710. The fourth-order valence-electron chi connectivity index (χ4n) is 4.35. The average Bonchev–Trinajstić information content (AvgIpc) is 2.72. The molecule has 0 amide bonds. The van der Waals surface area contributed by atoms with Gasteiger partial charge >= 0.3 is 0 Å². The highest BCUT2D eigenvalue weighted by atomic mass is 18.2. The number of carbonyl (C=O) groups excluding carboxylic acids is 1. The molecule has 5 rings (SSSR count). The smallest absolute Gasteiger partial charge is 0.178 e. The molecule has 31 heavy (non-hydrogen) atoms. The number of hydrogen-bond donors (Lipinski definition) is 0. The molecule has 2 aromatic carbocycles. The van der Waals surface area contributed by atoms with E-state index in [9.17, 15) is 13.6 Å². The Morgan fingerprint density at radius 2 is 1.77 bits per heavy atom. The third-order valence-electron chi connectivity index (χ3n) is 5.71. The molecule has 2 aromatic rings. The van der Waals surface area contributed by atoms with Gasteiger partial charge in [0.2, 0.25) is 0 Å². The molecule has 6 nitrogen and oxygen atoms in total. The van der Waals surface area contributed by atoms with E-state index in [1.165, 1.54) is 20.3 Å². The summed E-state index contributed by atoms with van der Waals surface area (Å²) in [7, 11) is 2.98. The fraction of sp³-hybridized carbons (Fsp3) is 0.348. The third-order valence-corrected chi connectivity index (χ3v) is 5.71. The quantitative estimate of drug-likeness (QED) is 0.705. The number of halogens is 2. The number of carbonyl (C=O) groups is 1. The zero-order valence-electron chi connectivity index (χ0n) is 17.4. The predicted octanol–water partition coefficient (Wildman–Crippen LogP) is 4.44. The van der Waals surface area contributed by atoms with Gasteiger partial charge in [-0.1, -0.05) is 0 Å². The minimum Gasteiger partial charge on any atom is -0.493 e. The van der Waals surface area contributed by atoms with Crippen molar-refractivity contribution in [2.45, 2.75) is 31.5 Å². The number of fused-ring (bicyclic) bond motifs is 6. The molecule has 3 heterocycles. The lowest BCUT2D eigenvalue weighted by Gasteiger charge is -2.39. The zero-order chi connectivity index (χ0) is 22.1. The molecule has 8 heteroatoms. The minimum absolute atomic E-state index is 0.0283. The molecule has 3 aliphatic rings. The van der Waals surface area contributed by atoms with E-state index in [1.807, 2.05) is 0 Å². The van der Waals surface area contributed by atoms with Crippen molar-refractivity contribution in [1.82, 2.24) is 0 Å². The summed E-state index contributed by atoms with van der Waals surface area (Å²) in [6.45, 7) is 3.29. The van der Waals surface area contributed by atoms with Gasteiger partial charge in [0.1, 0.15) is 35.6 Å². The van der Waals surface area contributed by atoms with E-state index in [0.717, 1.165) is 6.07 Å². The van der Waals surface area contributed by atoms with Crippen LogP contribution in [0, 0.1) is 5.82 Å². The van der Waals surface area contributed by atoms with Crippen LogP contribution >= 0.6 is 0 Å². The van der Waals surface area contributed by atoms with Crippen molar-refractivity contribution in [3.05, 3.63) is 46.8 Å². The Morgan fingerprint density at radius 3 is 2.48 bits per heavy atom. The lowest BCUT2D eigenvalue weighted by atomic mass is 9.81. The van der Waals surface area contributed by atoms with Crippen LogP contribution < -0.4 is 23.7 Å². The molecule has 0 saturated carbocycles. The van der Waals surface area contributed by atoms with Crippen molar-refractivity contribution in [2.24, 2.45) is 0 Å². The number of hydrogen-bond acceptors (Lipinski definition) is 6. The highest BCUT2D eigenvalue weighted by Crippen LogP contribution is 2.52. The van der Waals surface area contributed by atoms with Crippen LogP contribution in [0.15, 0.2) is 24.3 Å². The summed E-state index contributed by atoms with van der Waals surface area (Å²) in [6.07, 6.45) is 0.515. The van der Waals surface area contributed by atoms with E-state index in [-0.39, 0.29) is 35.0 Å². The number of ketones is 1. The zero-order valence-corrected chi connectivity index (χ0v) is 17.4. The molecule has 0 fully saturated rings. The maximum absolute atomic E-state index is 15.0. The van der Waals surface area contributed by atoms with E-state index in [4.69, 9.17) is 23.7 Å². The van der Waals surface area contributed by atoms with Crippen LogP contribution in [-0.4, -0.2) is 38.3 Å². The number of methoxy groups -OCH3 is 2. The van der Waals surface area contributed by atoms with Crippen molar-refractivity contribution in [1.29, 1.82) is 0 Å². The van der Waals surface area contributed by atoms with Crippen LogP contribution in [0.5, 0.6) is 28.7 Å². The maximum atomic E-state index is 15.0. The van der Waals surface area contributed by atoms with Gasteiger partial charge in [-0.2, -0.15) is 0 Å². The van der Waals surface area contributed by atoms with Gasteiger partial charge in [-0.25, -0.2) is 8.78 Å². The molecule has 2 atom stereocenters. The second-order valence-electron chi connectivity index (χ2n) is 8.19. The van der Waals surface area contributed by atoms with Gasteiger partial charge in [-0.15, -0.1) is 0 Å². The van der Waals surface area contributed by atoms with Crippen LogP contribution in [0.25, 0.3) is 5.83 Å². The fourth-order valence-corrected chi connectivity index (χ4v) is 4.35. The van der Waals surface area contributed by atoms with E-state index in [1.54, 1.807) is 26.0 Å². The van der Waals surface area contributed by atoms with E-state index < -0.39 is 29.3 Å². The van der Waals surface area contributed by atoms with Gasteiger partial charge in [0.25, 0.3) is 0 Å². The Labute approximate surface area is 177 Å². The van der Waals surface area contributed by atoms with Gasteiger partial charge in [0, 0.05) is 11.6 Å². The Bertz CT molecular complexity index is 1150. The van der Waals surface area contributed by atoms with Gasteiger partial charge in [0.15, 0.2) is 28.8 Å². The SMILES string of the molecule is COc1cc2c(cc1OC)[C@@H]1C(=O)c3cc([18F])c4c(c3O[C@@H]1CO2)C([18F])=CC(C)(C)O4. The summed E-state index contributed by atoms with van der Waals surface area (Å²) < 4.78 is 58.0. The summed E-state index contributed by atoms with van der Waals surface area (Å²) in [5.74, 6) is -1.63. The summed E-state index contributed by atoms with van der Waals surface area (Å²) >= 11 is 0. The Morgan fingerprint density at radius 1 is 1.06 bits per heavy atom. The van der Waals surface area contributed by atoms with Gasteiger partial charge in [-0.05, 0) is 32.1 Å². The largest absolute Gasteiger partial charge is 0.493 e. The number of ether oxygens (including phenoxy) is 5. The molecule has 162 valence electrons. The van der Waals surface area contributed by atoms with Crippen LogP contribution in [-0.2, 0) is 0 Å². The normalized spacial score (nSPS) is 22.4. The van der Waals surface area contributed by atoms with Crippen molar-refractivity contribution in [2.75, 3.05) is 20.8 Å². The molecule has 0 aliphatic carbocycles. The van der Waals surface area contributed by atoms with Crippen molar-refractivity contribution in [3.8, 4) is 28.7 Å². The molecule has 0 spiro atoms. The Kier molecular flexibility index (Phi) is 4.19. The molecule has 0 N–H and O–H groups in total. The molecule has 0 radical (unpaired) electrons. The summed E-state index contributed by atoms with van der Waals surface area (Å²) in [4.78, 5) is 13.5. The Hall–Kier alpha value is -3.29.